The third-order valence-corrected chi connectivity index (χ3v) is 6.77. The first kappa shape index (κ1) is 22.8. The fourth-order valence-corrected chi connectivity index (χ4v) is 4.60. The van der Waals surface area contributed by atoms with Gasteiger partial charge in [-0.3, -0.25) is 14.3 Å². The van der Waals surface area contributed by atoms with Crippen LogP contribution < -0.4 is 10.9 Å². The van der Waals surface area contributed by atoms with Gasteiger partial charge in [0.15, 0.2) is 0 Å². The number of amides is 2. The Balaban J connectivity index is 1.49. The highest BCUT2D eigenvalue weighted by Crippen LogP contribution is 2.24. The number of piperazine rings is 1. The van der Waals surface area contributed by atoms with Crippen molar-refractivity contribution in [1.82, 2.24) is 19.4 Å². The molecule has 1 aliphatic heterocycles. The topological polar surface area (TPSA) is 70.5 Å². The lowest BCUT2D eigenvalue weighted by atomic mass is 10.1. The zero-order valence-electron chi connectivity index (χ0n) is 18.2. The van der Waals surface area contributed by atoms with E-state index in [1.165, 1.54) is 0 Å². The molecule has 0 saturated carbocycles. The van der Waals surface area contributed by atoms with E-state index in [9.17, 15) is 9.59 Å². The molecule has 32 heavy (non-hydrogen) atoms. The third kappa shape index (κ3) is 4.53. The largest absolute Gasteiger partial charge is 0.322 e. The number of benzene rings is 2. The molecule has 2 amide bonds. The van der Waals surface area contributed by atoms with Crippen molar-refractivity contribution in [2.45, 2.75) is 25.9 Å². The number of hydrogen-bond donors (Lipinski definition) is 1. The highest BCUT2D eigenvalue weighted by atomic mass is 79.9. The molecule has 9 heteroatoms. The van der Waals surface area contributed by atoms with E-state index in [0.29, 0.717) is 41.4 Å². The van der Waals surface area contributed by atoms with Gasteiger partial charge in [0, 0.05) is 47.9 Å². The molecule has 0 bridgehead atoms. The molecule has 0 radical (unpaired) electrons. The van der Waals surface area contributed by atoms with Gasteiger partial charge in [0.2, 0.25) is 0 Å². The van der Waals surface area contributed by atoms with Crippen LogP contribution in [0.3, 0.4) is 0 Å². The van der Waals surface area contributed by atoms with E-state index in [2.05, 4.69) is 26.1 Å². The van der Waals surface area contributed by atoms with Crippen LogP contribution in [0.1, 0.15) is 25.7 Å². The molecule has 1 saturated heterocycles. The lowest BCUT2D eigenvalue weighted by Crippen LogP contribution is -2.55. The van der Waals surface area contributed by atoms with Crippen molar-refractivity contribution >= 4 is 50.2 Å². The number of rotatable bonds is 3. The van der Waals surface area contributed by atoms with E-state index in [0.717, 1.165) is 10.2 Å². The van der Waals surface area contributed by atoms with Crippen molar-refractivity contribution in [3.63, 3.8) is 0 Å². The summed E-state index contributed by atoms with van der Waals surface area (Å²) < 4.78 is 2.57. The minimum Gasteiger partial charge on any atom is -0.319 e. The minimum atomic E-state index is -0.113. The lowest BCUT2D eigenvalue weighted by Gasteiger charge is -2.42. The number of aromatic nitrogens is 2. The summed E-state index contributed by atoms with van der Waals surface area (Å²) in [5.41, 5.74) is 1.27. The van der Waals surface area contributed by atoms with E-state index >= 15 is 0 Å². The third-order valence-electron chi connectivity index (χ3n) is 6.01. The molecule has 2 atom stereocenters. The molecule has 3 aromatic rings. The van der Waals surface area contributed by atoms with E-state index in [4.69, 9.17) is 16.6 Å². The van der Waals surface area contributed by atoms with Crippen molar-refractivity contribution in [1.29, 1.82) is 0 Å². The number of hydrogen-bond acceptors (Lipinski definition) is 4. The Morgan fingerprint density at radius 1 is 1.22 bits per heavy atom. The van der Waals surface area contributed by atoms with Crippen LogP contribution in [-0.2, 0) is 7.05 Å². The number of carbonyl (C=O) groups excluding carboxylic acids is 1. The summed E-state index contributed by atoms with van der Waals surface area (Å²) in [7, 11) is 1.75. The number of nitrogens with zero attached hydrogens (tertiary/aromatic N) is 4. The van der Waals surface area contributed by atoms with Crippen LogP contribution in [0.15, 0.2) is 51.7 Å². The van der Waals surface area contributed by atoms with E-state index in [1.807, 2.05) is 43.0 Å². The predicted octanol–water partition coefficient (Wildman–Crippen LogP) is 4.65. The van der Waals surface area contributed by atoms with Crippen LogP contribution in [-0.4, -0.2) is 51.1 Å². The van der Waals surface area contributed by atoms with Gasteiger partial charge in [-0.25, -0.2) is 9.78 Å². The maximum atomic E-state index is 12.8. The van der Waals surface area contributed by atoms with Crippen LogP contribution in [0.4, 0.5) is 10.5 Å². The van der Waals surface area contributed by atoms with E-state index in [1.54, 1.807) is 29.8 Å². The molecule has 2 aromatic carbocycles. The summed E-state index contributed by atoms with van der Waals surface area (Å²) in [6.07, 6.45) is 0. The summed E-state index contributed by atoms with van der Waals surface area (Å²) in [5.74, 6) is 0.685. The standard InChI is InChI=1S/C23H25BrClN5O2/c1-14-13-29(10-11-30(14)23(32)26-18-7-4-16(24)5-8-18)15(2)21-27-20-12-17(25)6-9-19(20)22(31)28(21)3/h4-9,12,14-15H,10-11,13H2,1-3H3,(H,26,32). The van der Waals surface area contributed by atoms with Crippen molar-refractivity contribution < 1.29 is 4.79 Å². The van der Waals surface area contributed by atoms with Gasteiger partial charge in [-0.2, -0.15) is 0 Å². The minimum absolute atomic E-state index is 0.00794. The summed E-state index contributed by atoms with van der Waals surface area (Å²) in [4.78, 5) is 34.5. The van der Waals surface area contributed by atoms with Crippen molar-refractivity contribution in [2.75, 3.05) is 25.0 Å². The molecule has 1 aromatic heterocycles. The fraction of sp³-hybridized carbons (Fsp3) is 0.348. The molecule has 2 unspecified atom stereocenters. The van der Waals surface area contributed by atoms with Crippen LogP contribution >= 0.6 is 27.5 Å². The van der Waals surface area contributed by atoms with Gasteiger partial charge < -0.3 is 10.2 Å². The van der Waals surface area contributed by atoms with Crippen LogP contribution in [0, 0.1) is 0 Å². The van der Waals surface area contributed by atoms with Crippen molar-refractivity contribution in [3.8, 4) is 0 Å². The molecule has 7 nitrogen and oxygen atoms in total. The van der Waals surface area contributed by atoms with Gasteiger partial charge in [-0.05, 0) is 56.3 Å². The molecular weight excluding hydrogens is 494 g/mol. The maximum absolute atomic E-state index is 12.8. The Bertz CT molecular complexity index is 1210. The highest BCUT2D eigenvalue weighted by molar-refractivity contribution is 9.10. The van der Waals surface area contributed by atoms with Gasteiger partial charge in [0.25, 0.3) is 5.56 Å². The summed E-state index contributed by atoms with van der Waals surface area (Å²) >= 11 is 9.52. The zero-order valence-corrected chi connectivity index (χ0v) is 20.5. The molecule has 1 N–H and O–H groups in total. The summed E-state index contributed by atoms with van der Waals surface area (Å²) in [6, 6.07) is 12.5. The van der Waals surface area contributed by atoms with Gasteiger partial charge in [0.05, 0.1) is 16.9 Å². The van der Waals surface area contributed by atoms with Gasteiger partial charge in [-0.15, -0.1) is 0 Å². The molecule has 4 rings (SSSR count). The Kier molecular flexibility index (Phi) is 6.55. The molecular formula is C23H25BrClN5O2. The average Bonchev–Trinajstić information content (AvgIpc) is 2.77. The molecule has 1 aliphatic rings. The Labute approximate surface area is 200 Å². The smallest absolute Gasteiger partial charge is 0.319 e. The van der Waals surface area contributed by atoms with Crippen molar-refractivity contribution in [2.24, 2.45) is 7.05 Å². The first-order valence-electron chi connectivity index (χ1n) is 10.5. The number of carbonyl (C=O) groups is 1. The summed E-state index contributed by atoms with van der Waals surface area (Å²) in [5, 5.41) is 4.07. The molecule has 1 fully saturated rings. The van der Waals surface area contributed by atoms with Gasteiger partial charge in [0.1, 0.15) is 5.82 Å². The van der Waals surface area contributed by atoms with Crippen molar-refractivity contribution in [3.05, 3.63) is 68.1 Å². The van der Waals surface area contributed by atoms with E-state index < -0.39 is 0 Å². The predicted molar refractivity (Wildman–Crippen MR) is 131 cm³/mol. The zero-order chi connectivity index (χ0) is 23.0. The quantitative estimate of drug-likeness (QED) is 0.548. The molecule has 0 spiro atoms. The summed E-state index contributed by atoms with van der Waals surface area (Å²) in [6.45, 7) is 6.03. The monoisotopic (exact) mass is 517 g/mol. The number of anilines is 1. The number of nitrogens with one attached hydrogen (secondary N) is 1. The molecule has 168 valence electrons. The molecule has 0 aliphatic carbocycles. The number of urea groups is 1. The number of halogens is 2. The highest BCUT2D eigenvalue weighted by Gasteiger charge is 2.31. The first-order valence-corrected chi connectivity index (χ1v) is 11.6. The second-order valence-electron chi connectivity index (χ2n) is 8.15. The van der Waals surface area contributed by atoms with Crippen LogP contribution in [0.25, 0.3) is 10.9 Å². The van der Waals surface area contributed by atoms with E-state index in [-0.39, 0.29) is 23.7 Å². The second-order valence-corrected chi connectivity index (χ2v) is 9.50. The average molecular weight is 519 g/mol. The second kappa shape index (κ2) is 9.21. The van der Waals surface area contributed by atoms with Gasteiger partial charge >= 0.3 is 6.03 Å². The number of fused-ring (bicyclic) bond motifs is 1. The first-order chi connectivity index (χ1) is 15.2. The normalized spacial score (nSPS) is 18.0. The fourth-order valence-electron chi connectivity index (χ4n) is 4.17. The van der Waals surface area contributed by atoms with Gasteiger partial charge in [-0.1, -0.05) is 27.5 Å². The Morgan fingerprint density at radius 2 is 1.94 bits per heavy atom. The van der Waals surface area contributed by atoms with Crippen LogP contribution in [0.5, 0.6) is 0 Å². The van der Waals surface area contributed by atoms with Crippen LogP contribution in [0.2, 0.25) is 5.02 Å². The SMILES string of the molecule is CC(c1nc2cc(Cl)ccc2c(=O)n1C)N1CCN(C(=O)Nc2ccc(Br)cc2)C(C)C1. The Morgan fingerprint density at radius 3 is 2.62 bits per heavy atom. The lowest BCUT2D eigenvalue weighted by molar-refractivity contribution is 0.0796. The Hall–Kier alpha value is -2.42. The maximum Gasteiger partial charge on any atom is 0.322 e. The molecule has 2 heterocycles.